The first-order chi connectivity index (χ1) is 14.5. The number of nitrogens with one attached hydrogen (secondary N) is 4. The fourth-order valence-corrected chi connectivity index (χ4v) is 4.15. The maximum atomic E-state index is 12.1. The second kappa shape index (κ2) is 7.31. The highest BCUT2D eigenvalue weighted by Crippen LogP contribution is 2.33. The Labute approximate surface area is 178 Å². The molecule has 1 aromatic carbocycles. The van der Waals surface area contributed by atoms with Crippen LogP contribution in [0.2, 0.25) is 0 Å². The van der Waals surface area contributed by atoms with Crippen LogP contribution in [0.3, 0.4) is 0 Å². The predicted octanol–water partition coefficient (Wildman–Crippen LogP) is 1.15. The zero-order valence-corrected chi connectivity index (χ0v) is 17.3. The molecule has 6 N–H and O–H groups in total. The van der Waals surface area contributed by atoms with E-state index in [0.717, 1.165) is 51.5 Å². The van der Waals surface area contributed by atoms with Gasteiger partial charge >= 0.3 is 0 Å². The Morgan fingerprint density at radius 3 is 2.83 bits per heavy atom. The third-order valence-corrected chi connectivity index (χ3v) is 6.15. The molecule has 1 amide bonds. The summed E-state index contributed by atoms with van der Waals surface area (Å²) in [5.74, 6) is 2.63. The minimum atomic E-state index is -0.674. The first-order valence-electron chi connectivity index (χ1n) is 9.75. The van der Waals surface area contributed by atoms with Crippen LogP contribution in [0.1, 0.15) is 18.5 Å². The number of amidine groups is 1. The van der Waals surface area contributed by atoms with Gasteiger partial charge in [0, 0.05) is 22.3 Å². The van der Waals surface area contributed by atoms with E-state index in [9.17, 15) is 4.79 Å². The highest BCUT2D eigenvalue weighted by atomic mass is 32.2. The lowest BCUT2D eigenvalue weighted by Crippen LogP contribution is -3.10. The van der Waals surface area contributed by atoms with Crippen molar-refractivity contribution in [2.75, 3.05) is 17.2 Å². The molecule has 2 aliphatic heterocycles. The van der Waals surface area contributed by atoms with Crippen LogP contribution in [0, 0.1) is 6.92 Å². The summed E-state index contributed by atoms with van der Waals surface area (Å²) in [5, 5.41) is 13.5. The smallest absolute Gasteiger partial charge is 0.244 e. The van der Waals surface area contributed by atoms with Crippen molar-refractivity contribution in [1.82, 2.24) is 14.5 Å². The Hall–Kier alpha value is -3.08. The molecule has 30 heavy (non-hydrogen) atoms. The van der Waals surface area contributed by atoms with Crippen LogP contribution in [-0.4, -0.2) is 38.3 Å². The second-order valence-corrected chi connectivity index (χ2v) is 8.83. The molecule has 0 radical (unpaired) electrons. The molecule has 0 saturated heterocycles. The monoisotopic (exact) mass is 423 g/mol. The van der Waals surface area contributed by atoms with Crippen LogP contribution in [-0.2, 0) is 4.79 Å². The van der Waals surface area contributed by atoms with Gasteiger partial charge in [-0.3, -0.25) is 19.5 Å². The van der Waals surface area contributed by atoms with E-state index in [1.165, 1.54) is 0 Å². The Balaban J connectivity index is 1.28. The average Bonchev–Trinajstić information content (AvgIpc) is 3.11. The molecule has 3 aliphatic rings. The molecule has 1 atom stereocenters. The molecule has 1 aliphatic carbocycles. The van der Waals surface area contributed by atoms with Crippen molar-refractivity contribution in [2.45, 2.75) is 30.2 Å². The van der Waals surface area contributed by atoms with Gasteiger partial charge < -0.3 is 11.1 Å². The lowest BCUT2D eigenvalue weighted by Gasteiger charge is -2.27. The third kappa shape index (κ3) is 3.84. The summed E-state index contributed by atoms with van der Waals surface area (Å²) in [7, 11) is 0. The van der Waals surface area contributed by atoms with Crippen molar-refractivity contribution in [3.63, 3.8) is 0 Å². The molecular weight excluding hydrogens is 400 g/mol. The maximum Gasteiger partial charge on any atom is 0.244 e. The first kappa shape index (κ1) is 18.9. The highest BCUT2D eigenvalue weighted by Gasteiger charge is 2.45. The van der Waals surface area contributed by atoms with Crippen molar-refractivity contribution in [1.29, 1.82) is 0 Å². The van der Waals surface area contributed by atoms with Crippen LogP contribution in [0.15, 0.2) is 64.6 Å². The van der Waals surface area contributed by atoms with Crippen molar-refractivity contribution < 1.29 is 9.69 Å². The van der Waals surface area contributed by atoms with E-state index in [0.29, 0.717) is 6.54 Å². The number of quaternary nitrogens is 1. The number of carbonyl (C=O) groups excluding carboxylic acids is 1. The van der Waals surface area contributed by atoms with E-state index in [1.807, 2.05) is 49.7 Å². The van der Waals surface area contributed by atoms with Gasteiger partial charge in [0.2, 0.25) is 17.6 Å². The molecule has 2 aromatic rings. The molecule has 10 heteroatoms. The van der Waals surface area contributed by atoms with E-state index >= 15 is 0 Å². The standard InChI is InChI=1S/C20H22N8OS/c1-13-10-16(26-25-13)24-18-12-27(11-17-22-8-9-28(17)18)30-15-4-2-14(3-5-15)23-19(29)20(21)6-7-20/h2-5,8-10,12H,6-7,11,21H2,1H3,(H,23,29)(H2,24,25,26)/p+1. The van der Waals surface area contributed by atoms with E-state index in [-0.39, 0.29) is 5.91 Å². The van der Waals surface area contributed by atoms with Crippen LogP contribution < -0.4 is 21.3 Å². The van der Waals surface area contributed by atoms with Crippen LogP contribution in [0.25, 0.3) is 0 Å². The number of amides is 1. The molecule has 1 fully saturated rings. The molecule has 154 valence electrons. The van der Waals surface area contributed by atoms with Gasteiger partial charge in [0.25, 0.3) is 0 Å². The van der Waals surface area contributed by atoms with Gasteiger partial charge in [-0.1, -0.05) is 0 Å². The fraction of sp³-hybridized carbons (Fsp3) is 0.250. The van der Waals surface area contributed by atoms with Gasteiger partial charge in [-0.2, -0.15) is 5.10 Å². The number of anilines is 2. The molecular formula is C20H23N8OS+. The Kier molecular flexibility index (Phi) is 4.61. The van der Waals surface area contributed by atoms with Gasteiger partial charge in [-0.25, -0.2) is 9.89 Å². The number of carbonyl (C=O) groups is 1. The van der Waals surface area contributed by atoms with E-state index < -0.39 is 5.54 Å². The normalized spacial score (nSPS) is 21.0. The van der Waals surface area contributed by atoms with Crippen LogP contribution in [0.4, 0.5) is 11.5 Å². The third-order valence-electron chi connectivity index (χ3n) is 5.20. The van der Waals surface area contributed by atoms with E-state index in [1.54, 1.807) is 11.9 Å². The van der Waals surface area contributed by atoms with Crippen molar-refractivity contribution >= 4 is 35.2 Å². The molecule has 1 aromatic heterocycles. The number of rotatable bonds is 6. The van der Waals surface area contributed by atoms with E-state index in [4.69, 9.17) is 5.73 Å². The number of aliphatic imine (C=N–C) groups is 1. The highest BCUT2D eigenvalue weighted by molar-refractivity contribution is 7.97. The number of aromatic nitrogens is 2. The number of nitrogens with zero attached hydrogens (tertiary/aromatic N) is 3. The number of aryl methyl sites for hydroxylation is 1. The summed E-state index contributed by atoms with van der Waals surface area (Å²) < 4.78 is 2.13. The van der Waals surface area contributed by atoms with Gasteiger partial charge in [0.1, 0.15) is 12.7 Å². The van der Waals surface area contributed by atoms with Crippen molar-refractivity contribution in [3.8, 4) is 0 Å². The predicted molar refractivity (Wildman–Crippen MR) is 116 cm³/mol. The van der Waals surface area contributed by atoms with Crippen LogP contribution >= 0.6 is 11.9 Å². The lowest BCUT2D eigenvalue weighted by atomic mass is 10.2. The number of hydrogen-bond acceptors (Lipinski definition) is 7. The van der Waals surface area contributed by atoms with Crippen LogP contribution in [0.5, 0.6) is 0 Å². The zero-order chi connectivity index (χ0) is 20.7. The topological polar surface area (TPSA) is 116 Å². The number of H-pyrrole nitrogens is 1. The summed E-state index contributed by atoms with van der Waals surface area (Å²) in [6.07, 6.45) is 7.41. The lowest BCUT2D eigenvalue weighted by molar-refractivity contribution is -0.699. The summed E-state index contributed by atoms with van der Waals surface area (Å²) in [6, 6.07) is 9.74. The largest absolute Gasteiger partial charge is 0.324 e. The molecule has 3 heterocycles. The molecule has 1 unspecified atom stereocenters. The first-order valence-corrected chi connectivity index (χ1v) is 10.5. The van der Waals surface area contributed by atoms with Gasteiger partial charge in [-0.05, 0) is 56.0 Å². The Morgan fingerprint density at radius 1 is 1.33 bits per heavy atom. The Morgan fingerprint density at radius 2 is 2.13 bits per heavy atom. The summed E-state index contributed by atoms with van der Waals surface area (Å²) in [5.41, 5.74) is 7.02. The summed E-state index contributed by atoms with van der Waals surface area (Å²) in [4.78, 5) is 18.7. The maximum absolute atomic E-state index is 12.1. The number of hydrogen-bond donors (Lipinski definition) is 5. The second-order valence-electron chi connectivity index (χ2n) is 7.71. The van der Waals surface area contributed by atoms with Gasteiger partial charge in [0.05, 0.1) is 17.9 Å². The molecule has 5 rings (SSSR count). The van der Waals surface area contributed by atoms with Gasteiger partial charge in [-0.15, -0.1) is 0 Å². The zero-order valence-electron chi connectivity index (χ0n) is 16.5. The minimum Gasteiger partial charge on any atom is -0.324 e. The molecule has 0 bridgehead atoms. The SMILES string of the molecule is Cc1cc(NC2=CN(Sc3ccc(NC(=O)C4(N)CC4)cc3)CC3=NC=C[NH+]23)n[nH]1. The summed E-state index contributed by atoms with van der Waals surface area (Å²) in [6.45, 7) is 2.67. The number of nitrogens with two attached hydrogens (primary N) is 1. The van der Waals surface area contributed by atoms with Crippen molar-refractivity contribution in [3.05, 3.63) is 60.4 Å². The fourth-order valence-electron chi connectivity index (χ4n) is 3.28. The molecule has 1 saturated carbocycles. The average molecular weight is 424 g/mol. The van der Waals surface area contributed by atoms with Crippen molar-refractivity contribution in [2.24, 2.45) is 10.7 Å². The van der Waals surface area contributed by atoms with E-state index in [2.05, 4.69) is 36.3 Å². The summed E-state index contributed by atoms with van der Waals surface area (Å²) >= 11 is 1.61. The minimum absolute atomic E-state index is 0.110. The molecule has 0 spiro atoms. The number of aromatic amines is 1. The quantitative estimate of drug-likeness (QED) is 0.445. The Bertz CT molecular complexity index is 1070. The number of fused-ring (bicyclic) bond motifs is 1. The molecule has 9 nitrogen and oxygen atoms in total. The van der Waals surface area contributed by atoms with Gasteiger partial charge in [0.15, 0.2) is 5.82 Å². The number of benzene rings is 1.